The average molecular weight is 334 g/mol. The molecule has 0 aromatic heterocycles. The topological polar surface area (TPSA) is 72.5 Å². The summed E-state index contributed by atoms with van der Waals surface area (Å²) in [6.45, 7) is 4.78. The second-order valence-corrected chi connectivity index (χ2v) is 8.83. The smallest absolute Gasteiger partial charge is 0.257 e. The molecule has 1 N–H and O–H groups in total. The number of carbonyl (C=O) groups excluding carboxylic acids is 1. The van der Waals surface area contributed by atoms with Crippen molar-refractivity contribution < 1.29 is 17.9 Å². The minimum atomic E-state index is -3.24. The molecule has 0 saturated carbocycles. The predicted molar refractivity (Wildman–Crippen MR) is 83.5 cm³/mol. The molecule has 0 aliphatic rings. The lowest BCUT2D eigenvalue weighted by atomic mass is 10.3. The maximum absolute atomic E-state index is 11.9. The highest BCUT2D eigenvalue weighted by atomic mass is 35.5. The summed E-state index contributed by atoms with van der Waals surface area (Å²) in [5.41, 5.74) is 0. The van der Waals surface area contributed by atoms with Crippen LogP contribution in [0.25, 0.3) is 0 Å². The van der Waals surface area contributed by atoms with Gasteiger partial charge in [-0.2, -0.15) is 0 Å². The SMILES string of the molecule is CC(C)(C)S(=O)(=O)CCNC(=O)COc1cccc(Cl)c1. The van der Waals surface area contributed by atoms with E-state index in [1.165, 1.54) is 0 Å². The van der Waals surface area contributed by atoms with Crippen LogP contribution in [0.15, 0.2) is 24.3 Å². The molecule has 0 atom stereocenters. The third-order valence-corrected chi connectivity index (χ3v) is 5.63. The number of amides is 1. The third kappa shape index (κ3) is 5.93. The van der Waals surface area contributed by atoms with Gasteiger partial charge >= 0.3 is 0 Å². The van der Waals surface area contributed by atoms with Crippen LogP contribution >= 0.6 is 11.6 Å². The summed E-state index contributed by atoms with van der Waals surface area (Å²) in [6.07, 6.45) is 0. The molecular formula is C14H20ClNO4S. The number of hydrogen-bond donors (Lipinski definition) is 1. The zero-order valence-corrected chi connectivity index (χ0v) is 13.9. The fourth-order valence-electron chi connectivity index (χ4n) is 1.39. The van der Waals surface area contributed by atoms with Gasteiger partial charge in [0.15, 0.2) is 16.4 Å². The Hall–Kier alpha value is -1.27. The number of nitrogens with one attached hydrogen (secondary N) is 1. The van der Waals surface area contributed by atoms with Crippen molar-refractivity contribution in [3.63, 3.8) is 0 Å². The van der Waals surface area contributed by atoms with Gasteiger partial charge in [0.2, 0.25) is 0 Å². The molecule has 0 radical (unpaired) electrons. The van der Waals surface area contributed by atoms with Crippen LogP contribution in [-0.2, 0) is 14.6 Å². The molecule has 118 valence electrons. The summed E-state index contributed by atoms with van der Waals surface area (Å²) < 4.78 is 28.1. The zero-order chi connectivity index (χ0) is 16.1. The van der Waals surface area contributed by atoms with Gasteiger partial charge < -0.3 is 10.1 Å². The molecule has 1 aromatic carbocycles. The molecule has 1 amide bonds. The van der Waals surface area contributed by atoms with Crippen LogP contribution in [0.2, 0.25) is 5.02 Å². The highest BCUT2D eigenvalue weighted by molar-refractivity contribution is 7.92. The molecular weight excluding hydrogens is 314 g/mol. The summed E-state index contributed by atoms with van der Waals surface area (Å²) in [5, 5.41) is 3.04. The number of sulfone groups is 1. The third-order valence-electron chi connectivity index (χ3n) is 2.79. The van der Waals surface area contributed by atoms with E-state index >= 15 is 0 Å². The standard InChI is InChI=1S/C14H20ClNO4S/c1-14(2,3)21(18,19)8-7-16-13(17)10-20-12-6-4-5-11(15)9-12/h4-6,9H,7-8,10H2,1-3H3,(H,16,17). The number of carbonyl (C=O) groups is 1. The van der Waals surface area contributed by atoms with E-state index in [0.29, 0.717) is 10.8 Å². The van der Waals surface area contributed by atoms with Gasteiger partial charge in [0.05, 0.1) is 10.5 Å². The number of ether oxygens (including phenoxy) is 1. The van der Waals surface area contributed by atoms with Gasteiger partial charge in [-0.05, 0) is 39.0 Å². The second kappa shape index (κ2) is 7.13. The highest BCUT2D eigenvalue weighted by Gasteiger charge is 2.28. The molecule has 5 nitrogen and oxygen atoms in total. The molecule has 0 fully saturated rings. The summed E-state index contributed by atoms with van der Waals surface area (Å²) in [6, 6.07) is 6.69. The van der Waals surface area contributed by atoms with Crippen molar-refractivity contribution in [2.45, 2.75) is 25.5 Å². The van der Waals surface area contributed by atoms with Crippen LogP contribution in [0.3, 0.4) is 0 Å². The van der Waals surface area contributed by atoms with Crippen molar-refractivity contribution in [3.8, 4) is 5.75 Å². The minimum absolute atomic E-state index is 0.0668. The van der Waals surface area contributed by atoms with Crippen LogP contribution in [0.5, 0.6) is 5.75 Å². The number of halogens is 1. The van der Waals surface area contributed by atoms with Crippen LogP contribution in [0, 0.1) is 0 Å². The molecule has 0 spiro atoms. The Bertz CT molecular complexity index is 593. The van der Waals surface area contributed by atoms with Gasteiger partial charge in [0, 0.05) is 11.6 Å². The molecule has 7 heteroatoms. The van der Waals surface area contributed by atoms with Crippen LogP contribution in [0.1, 0.15) is 20.8 Å². The van der Waals surface area contributed by atoms with E-state index in [0.717, 1.165) is 0 Å². The lowest BCUT2D eigenvalue weighted by Crippen LogP contribution is -2.37. The largest absolute Gasteiger partial charge is 0.484 e. The van der Waals surface area contributed by atoms with Gasteiger partial charge in [-0.3, -0.25) is 4.79 Å². The first-order valence-corrected chi connectivity index (χ1v) is 8.52. The van der Waals surface area contributed by atoms with Gasteiger partial charge in [0.25, 0.3) is 5.91 Å². The summed E-state index contributed by atoms with van der Waals surface area (Å²) in [5.74, 6) is 0.0124. The van der Waals surface area contributed by atoms with E-state index in [9.17, 15) is 13.2 Å². The average Bonchev–Trinajstić information content (AvgIpc) is 2.35. The van der Waals surface area contributed by atoms with E-state index in [1.807, 2.05) is 0 Å². The molecule has 0 saturated heterocycles. The number of hydrogen-bond acceptors (Lipinski definition) is 4. The van der Waals surface area contributed by atoms with Crippen LogP contribution < -0.4 is 10.1 Å². The fraction of sp³-hybridized carbons (Fsp3) is 0.500. The zero-order valence-electron chi connectivity index (χ0n) is 12.3. The van der Waals surface area contributed by atoms with E-state index < -0.39 is 14.6 Å². The van der Waals surface area contributed by atoms with Crippen LogP contribution in [-0.4, -0.2) is 38.0 Å². The van der Waals surface area contributed by atoms with Crippen molar-refractivity contribution in [1.29, 1.82) is 0 Å². The first-order valence-electron chi connectivity index (χ1n) is 6.49. The Balaban J connectivity index is 2.36. The fourth-order valence-corrected chi connectivity index (χ4v) is 2.55. The molecule has 1 aromatic rings. The first kappa shape index (κ1) is 17.8. The van der Waals surface area contributed by atoms with Crippen molar-refractivity contribution in [1.82, 2.24) is 5.32 Å². The molecule has 1 rings (SSSR count). The minimum Gasteiger partial charge on any atom is -0.484 e. The Kier molecular flexibility index (Phi) is 6.04. The van der Waals surface area contributed by atoms with Crippen molar-refractivity contribution >= 4 is 27.3 Å². The summed E-state index contributed by atoms with van der Waals surface area (Å²) >= 11 is 5.79. The lowest BCUT2D eigenvalue weighted by Gasteiger charge is -2.19. The van der Waals surface area contributed by atoms with Crippen LogP contribution in [0.4, 0.5) is 0 Å². The monoisotopic (exact) mass is 333 g/mol. The van der Waals surface area contributed by atoms with E-state index in [2.05, 4.69) is 5.32 Å². The summed E-state index contributed by atoms with van der Waals surface area (Å²) in [7, 11) is -3.24. The normalized spacial score (nSPS) is 12.0. The lowest BCUT2D eigenvalue weighted by molar-refractivity contribution is -0.122. The van der Waals surface area contributed by atoms with Crippen molar-refractivity contribution in [3.05, 3.63) is 29.3 Å². The number of rotatable bonds is 6. The first-order chi connectivity index (χ1) is 9.62. The van der Waals surface area contributed by atoms with E-state index in [4.69, 9.17) is 16.3 Å². The molecule has 21 heavy (non-hydrogen) atoms. The maximum Gasteiger partial charge on any atom is 0.257 e. The summed E-state index contributed by atoms with van der Waals surface area (Å²) in [4.78, 5) is 11.6. The Labute approximate surface area is 130 Å². The maximum atomic E-state index is 11.9. The highest BCUT2D eigenvalue weighted by Crippen LogP contribution is 2.17. The van der Waals surface area contributed by atoms with E-state index in [1.54, 1.807) is 45.0 Å². The molecule has 0 unspecified atom stereocenters. The van der Waals surface area contributed by atoms with Gasteiger partial charge in [-0.1, -0.05) is 17.7 Å². The quantitative estimate of drug-likeness (QED) is 0.864. The Morgan fingerprint density at radius 3 is 2.57 bits per heavy atom. The number of benzene rings is 1. The van der Waals surface area contributed by atoms with Gasteiger partial charge in [-0.15, -0.1) is 0 Å². The molecule has 0 aliphatic carbocycles. The van der Waals surface area contributed by atoms with Crippen molar-refractivity contribution in [2.24, 2.45) is 0 Å². The van der Waals surface area contributed by atoms with E-state index in [-0.39, 0.29) is 24.8 Å². The van der Waals surface area contributed by atoms with Gasteiger partial charge in [-0.25, -0.2) is 8.42 Å². The predicted octanol–water partition coefficient (Wildman–Crippen LogP) is 2.05. The molecule has 0 bridgehead atoms. The molecule has 0 heterocycles. The molecule has 0 aliphatic heterocycles. The second-order valence-electron chi connectivity index (χ2n) is 5.53. The van der Waals surface area contributed by atoms with Crippen molar-refractivity contribution in [2.75, 3.05) is 18.9 Å². The van der Waals surface area contributed by atoms with Gasteiger partial charge in [0.1, 0.15) is 5.75 Å². The Morgan fingerprint density at radius 1 is 1.33 bits per heavy atom. The Morgan fingerprint density at radius 2 is 2.00 bits per heavy atom.